The van der Waals surface area contributed by atoms with Gasteiger partial charge >= 0.3 is 6.09 Å². The lowest BCUT2D eigenvalue weighted by Crippen LogP contribution is -2.49. The average Bonchev–Trinajstić information content (AvgIpc) is 3.46. The molecular weight excluding hydrogens is 374 g/mol. The van der Waals surface area contributed by atoms with Crippen LogP contribution in [-0.2, 0) is 17.6 Å². The molecule has 164 valence electrons. The first-order valence-electron chi connectivity index (χ1n) is 11.4. The molecule has 1 aromatic rings. The summed E-state index contributed by atoms with van der Waals surface area (Å²) in [6, 6.07) is 11.4. The second-order valence-electron chi connectivity index (χ2n) is 10.2. The Morgan fingerprint density at radius 1 is 1.23 bits per heavy atom. The number of amides is 1. The van der Waals surface area contributed by atoms with E-state index in [-0.39, 0.29) is 11.5 Å². The molecule has 3 rings (SSSR count). The summed E-state index contributed by atoms with van der Waals surface area (Å²) in [5, 5.41) is 12.7. The number of nitrogens with zero attached hydrogens (tertiary/aromatic N) is 2. The van der Waals surface area contributed by atoms with Gasteiger partial charge in [0.2, 0.25) is 0 Å². The van der Waals surface area contributed by atoms with Gasteiger partial charge in [-0.25, -0.2) is 4.79 Å². The Bertz CT molecular complexity index is 752. The van der Waals surface area contributed by atoms with Crippen LogP contribution in [-0.4, -0.2) is 42.3 Å². The summed E-state index contributed by atoms with van der Waals surface area (Å²) in [6.07, 6.45) is 5.75. The van der Waals surface area contributed by atoms with Crippen LogP contribution in [0, 0.1) is 22.7 Å². The molecule has 5 heteroatoms. The lowest BCUT2D eigenvalue weighted by atomic mass is 9.73. The van der Waals surface area contributed by atoms with Crippen molar-refractivity contribution in [1.29, 1.82) is 5.26 Å². The molecule has 1 amide bonds. The highest BCUT2D eigenvalue weighted by Crippen LogP contribution is 2.38. The van der Waals surface area contributed by atoms with Crippen molar-refractivity contribution in [3.63, 3.8) is 0 Å². The number of likely N-dealkylation sites (tertiary alicyclic amines) is 1. The van der Waals surface area contributed by atoms with Crippen molar-refractivity contribution in [3.8, 4) is 6.07 Å². The Morgan fingerprint density at radius 2 is 1.87 bits per heavy atom. The van der Waals surface area contributed by atoms with E-state index in [1.54, 1.807) is 0 Å². The van der Waals surface area contributed by atoms with Crippen molar-refractivity contribution in [2.24, 2.45) is 11.3 Å². The Balaban J connectivity index is 1.65. The SMILES string of the molecule is CCC1CC1NCC1(Cc2ccc(CC#N)cc2)CCN(C(=O)OC(C)(C)C)CC1. The zero-order chi connectivity index (χ0) is 21.8. The monoisotopic (exact) mass is 411 g/mol. The molecule has 0 aromatic heterocycles. The third-order valence-corrected chi connectivity index (χ3v) is 6.55. The maximum absolute atomic E-state index is 12.5. The van der Waals surface area contributed by atoms with E-state index >= 15 is 0 Å². The molecular formula is C25H37N3O2. The molecule has 30 heavy (non-hydrogen) atoms. The van der Waals surface area contributed by atoms with Crippen LogP contribution in [0.3, 0.4) is 0 Å². The van der Waals surface area contributed by atoms with Crippen molar-refractivity contribution in [2.75, 3.05) is 19.6 Å². The first-order chi connectivity index (χ1) is 14.2. The lowest BCUT2D eigenvalue weighted by molar-refractivity contribution is 0.00989. The van der Waals surface area contributed by atoms with Crippen LogP contribution in [0.4, 0.5) is 4.79 Å². The predicted molar refractivity (Wildman–Crippen MR) is 119 cm³/mol. The fraction of sp³-hybridized carbons (Fsp3) is 0.680. The quantitative estimate of drug-likeness (QED) is 0.706. The Hall–Kier alpha value is -2.06. The third kappa shape index (κ3) is 6.22. The molecule has 5 nitrogen and oxygen atoms in total. The number of ether oxygens (including phenoxy) is 1. The van der Waals surface area contributed by atoms with Gasteiger partial charge in [-0.05, 0) is 68.9 Å². The van der Waals surface area contributed by atoms with Crippen molar-refractivity contribution < 1.29 is 9.53 Å². The van der Waals surface area contributed by atoms with Crippen LogP contribution in [0.5, 0.6) is 0 Å². The zero-order valence-corrected chi connectivity index (χ0v) is 19.0. The Kier molecular flexibility index (Phi) is 7.08. The number of nitriles is 1. The molecule has 1 aromatic carbocycles. The van der Waals surface area contributed by atoms with E-state index in [2.05, 4.69) is 42.6 Å². The maximum Gasteiger partial charge on any atom is 0.410 e. The maximum atomic E-state index is 12.5. The number of carbonyl (C=O) groups excluding carboxylic acids is 1. The number of nitrogens with one attached hydrogen (secondary N) is 1. The first-order valence-corrected chi connectivity index (χ1v) is 11.4. The van der Waals surface area contributed by atoms with E-state index in [1.165, 1.54) is 18.4 Å². The van der Waals surface area contributed by atoms with Crippen molar-refractivity contribution in [2.45, 2.75) is 77.9 Å². The number of hydrogen-bond donors (Lipinski definition) is 1. The van der Waals surface area contributed by atoms with E-state index in [0.717, 1.165) is 50.4 Å². The van der Waals surface area contributed by atoms with Crippen LogP contribution < -0.4 is 5.32 Å². The average molecular weight is 412 g/mol. The molecule has 1 saturated carbocycles. The highest BCUT2D eigenvalue weighted by Gasteiger charge is 2.41. The molecule has 0 spiro atoms. The van der Waals surface area contributed by atoms with Gasteiger partial charge in [-0.3, -0.25) is 0 Å². The Labute approximate surface area is 181 Å². The summed E-state index contributed by atoms with van der Waals surface area (Å²) in [4.78, 5) is 14.4. The molecule has 1 N–H and O–H groups in total. The van der Waals surface area contributed by atoms with E-state index < -0.39 is 5.60 Å². The highest BCUT2D eigenvalue weighted by atomic mass is 16.6. The number of piperidine rings is 1. The van der Waals surface area contributed by atoms with Crippen molar-refractivity contribution >= 4 is 6.09 Å². The molecule has 2 unspecified atom stereocenters. The molecule has 0 bridgehead atoms. The van der Waals surface area contributed by atoms with Crippen molar-refractivity contribution in [1.82, 2.24) is 10.2 Å². The van der Waals surface area contributed by atoms with E-state index in [0.29, 0.717) is 12.5 Å². The first kappa shape index (κ1) is 22.6. The summed E-state index contributed by atoms with van der Waals surface area (Å²) in [6.45, 7) is 10.5. The molecule has 1 heterocycles. The van der Waals surface area contributed by atoms with Gasteiger partial charge in [0.05, 0.1) is 12.5 Å². The number of rotatable bonds is 7. The molecule has 0 radical (unpaired) electrons. The predicted octanol–water partition coefficient (Wildman–Crippen LogP) is 4.70. The van der Waals surface area contributed by atoms with E-state index in [1.807, 2.05) is 25.7 Å². The van der Waals surface area contributed by atoms with Crippen LogP contribution in [0.1, 0.15) is 64.5 Å². The lowest BCUT2D eigenvalue weighted by Gasteiger charge is -2.42. The second-order valence-corrected chi connectivity index (χ2v) is 10.2. The fourth-order valence-electron chi connectivity index (χ4n) is 4.50. The molecule has 1 aliphatic carbocycles. The van der Waals surface area contributed by atoms with Gasteiger partial charge in [0.15, 0.2) is 0 Å². The van der Waals surface area contributed by atoms with E-state index in [4.69, 9.17) is 10.00 Å². The zero-order valence-electron chi connectivity index (χ0n) is 19.0. The number of benzene rings is 1. The molecule has 1 saturated heterocycles. The van der Waals surface area contributed by atoms with Gasteiger partial charge in [0.25, 0.3) is 0 Å². The van der Waals surface area contributed by atoms with Crippen molar-refractivity contribution in [3.05, 3.63) is 35.4 Å². The smallest absolute Gasteiger partial charge is 0.410 e. The number of carbonyl (C=O) groups is 1. The summed E-state index contributed by atoms with van der Waals surface area (Å²) in [5.74, 6) is 0.828. The fourth-order valence-corrected chi connectivity index (χ4v) is 4.50. The van der Waals surface area contributed by atoms with Gasteiger partial charge < -0.3 is 15.0 Å². The normalized spacial score (nSPS) is 23.0. The molecule has 1 aliphatic heterocycles. The summed E-state index contributed by atoms with van der Waals surface area (Å²) < 4.78 is 5.58. The molecule has 2 aliphatic rings. The highest BCUT2D eigenvalue weighted by molar-refractivity contribution is 5.68. The summed E-state index contributed by atoms with van der Waals surface area (Å²) in [7, 11) is 0. The minimum absolute atomic E-state index is 0.149. The minimum Gasteiger partial charge on any atom is -0.444 e. The van der Waals surface area contributed by atoms with Gasteiger partial charge in [-0.2, -0.15) is 5.26 Å². The van der Waals surface area contributed by atoms with E-state index in [9.17, 15) is 4.79 Å². The van der Waals surface area contributed by atoms with Crippen LogP contribution in [0.25, 0.3) is 0 Å². The van der Waals surface area contributed by atoms with Crippen LogP contribution in [0.2, 0.25) is 0 Å². The van der Waals surface area contributed by atoms with Gasteiger partial charge in [-0.1, -0.05) is 37.6 Å². The second kappa shape index (κ2) is 9.39. The standard InChI is InChI=1S/C25H37N3O2/c1-5-21-16-22(21)27-18-25(17-20-8-6-19(7-9-20)10-13-26)11-14-28(15-12-25)23(29)30-24(2,3)4/h6-9,21-22,27H,5,10-12,14-18H2,1-4H3. The minimum atomic E-state index is -0.459. The Morgan fingerprint density at radius 3 is 2.40 bits per heavy atom. The van der Waals surface area contributed by atoms with Gasteiger partial charge in [0.1, 0.15) is 5.60 Å². The molecule has 2 fully saturated rings. The third-order valence-electron chi connectivity index (χ3n) is 6.55. The van der Waals surface area contributed by atoms with Crippen LogP contribution in [0.15, 0.2) is 24.3 Å². The summed E-state index contributed by atoms with van der Waals surface area (Å²) in [5.41, 5.74) is 2.07. The largest absolute Gasteiger partial charge is 0.444 e. The topological polar surface area (TPSA) is 65.4 Å². The van der Waals surface area contributed by atoms with Gasteiger partial charge in [0, 0.05) is 25.7 Å². The number of hydrogen-bond acceptors (Lipinski definition) is 4. The van der Waals surface area contributed by atoms with Crippen LogP contribution >= 0.6 is 0 Å². The van der Waals surface area contributed by atoms with Gasteiger partial charge in [-0.15, -0.1) is 0 Å². The molecule has 2 atom stereocenters. The summed E-state index contributed by atoms with van der Waals surface area (Å²) >= 11 is 0.